The molecule has 1 aromatic heterocycles. The quantitative estimate of drug-likeness (QED) is 0.785. The number of aryl methyl sites for hydroxylation is 2. The molecule has 0 fully saturated rings. The van der Waals surface area contributed by atoms with Crippen LogP contribution in [0, 0.1) is 0 Å². The average Bonchev–Trinajstić information content (AvgIpc) is 2.70. The van der Waals surface area contributed by atoms with Gasteiger partial charge >= 0.3 is 0 Å². The van der Waals surface area contributed by atoms with E-state index in [-0.39, 0.29) is 0 Å². The summed E-state index contributed by atoms with van der Waals surface area (Å²) in [4.78, 5) is 0. The molecule has 1 atom stereocenters. The fraction of sp³-hybridized carbons (Fsp3) is 0.786. The minimum Gasteiger partial charge on any atom is -0.314 e. The summed E-state index contributed by atoms with van der Waals surface area (Å²) in [7, 11) is 0. The van der Waals surface area contributed by atoms with Gasteiger partial charge in [-0.25, -0.2) is 0 Å². The first kappa shape index (κ1) is 15.5. The van der Waals surface area contributed by atoms with E-state index in [9.17, 15) is 0 Å². The summed E-state index contributed by atoms with van der Waals surface area (Å²) in [6.07, 6.45) is 4.15. The van der Waals surface area contributed by atoms with Crippen molar-refractivity contribution in [2.45, 2.75) is 66.0 Å². The van der Waals surface area contributed by atoms with Gasteiger partial charge in [-0.15, -0.1) is 0 Å². The van der Waals surface area contributed by atoms with Crippen LogP contribution in [0.5, 0.6) is 0 Å². The first-order valence-electron chi connectivity index (χ1n) is 7.15. The maximum absolute atomic E-state index is 6.43. The van der Waals surface area contributed by atoms with Crippen LogP contribution in [0.2, 0.25) is 5.02 Å². The lowest BCUT2D eigenvalue weighted by Gasteiger charge is -2.17. The number of nitrogens with zero attached hydrogens (tertiary/aromatic N) is 2. The Bertz CT molecular complexity index is 360. The van der Waals surface area contributed by atoms with Crippen LogP contribution >= 0.6 is 11.6 Å². The van der Waals surface area contributed by atoms with Crippen LogP contribution < -0.4 is 5.32 Å². The molecule has 0 saturated carbocycles. The van der Waals surface area contributed by atoms with E-state index in [2.05, 4.69) is 42.8 Å². The topological polar surface area (TPSA) is 29.9 Å². The molecular formula is C14H26ClN3. The van der Waals surface area contributed by atoms with Gasteiger partial charge in [-0.2, -0.15) is 5.10 Å². The largest absolute Gasteiger partial charge is 0.314 e. The van der Waals surface area contributed by atoms with Crippen molar-refractivity contribution in [3.63, 3.8) is 0 Å². The second-order valence-corrected chi connectivity index (χ2v) is 5.02. The Labute approximate surface area is 116 Å². The van der Waals surface area contributed by atoms with E-state index in [1.165, 1.54) is 5.69 Å². The van der Waals surface area contributed by atoms with E-state index >= 15 is 0 Å². The van der Waals surface area contributed by atoms with Gasteiger partial charge in [0.1, 0.15) is 0 Å². The summed E-state index contributed by atoms with van der Waals surface area (Å²) in [5.74, 6) is 0. The van der Waals surface area contributed by atoms with Gasteiger partial charge in [0.2, 0.25) is 0 Å². The van der Waals surface area contributed by atoms with E-state index in [1.807, 2.05) is 0 Å². The Morgan fingerprint density at radius 3 is 2.50 bits per heavy atom. The summed E-state index contributed by atoms with van der Waals surface area (Å²) in [5, 5.41) is 9.02. The Balaban J connectivity index is 2.83. The molecule has 1 unspecified atom stereocenters. The lowest BCUT2D eigenvalue weighted by molar-refractivity contribution is 0.475. The molecule has 0 aliphatic rings. The molecule has 0 amide bonds. The van der Waals surface area contributed by atoms with E-state index in [0.717, 1.165) is 49.5 Å². The van der Waals surface area contributed by atoms with Gasteiger partial charge in [0.25, 0.3) is 0 Å². The molecule has 0 aromatic carbocycles. The molecule has 0 saturated heterocycles. The highest BCUT2D eigenvalue weighted by atomic mass is 35.5. The SMILES string of the molecule is CCCNC(CC)Cc1c(Cl)c(CC)nn1CC. The first-order chi connectivity index (χ1) is 8.67. The molecule has 0 aliphatic heterocycles. The summed E-state index contributed by atoms with van der Waals surface area (Å²) in [6.45, 7) is 10.6. The molecule has 4 heteroatoms. The van der Waals surface area contributed by atoms with Gasteiger partial charge in [0.05, 0.1) is 16.4 Å². The highest BCUT2D eigenvalue weighted by molar-refractivity contribution is 6.31. The van der Waals surface area contributed by atoms with E-state index in [0.29, 0.717) is 6.04 Å². The lowest BCUT2D eigenvalue weighted by atomic mass is 10.1. The standard InChI is InChI=1S/C14H26ClN3/c1-5-9-16-11(6-2)10-13-14(15)12(7-3)17-18(13)8-4/h11,16H,5-10H2,1-4H3. The van der Waals surface area contributed by atoms with Gasteiger partial charge in [-0.05, 0) is 32.7 Å². The van der Waals surface area contributed by atoms with Crippen LogP contribution in [0.15, 0.2) is 0 Å². The monoisotopic (exact) mass is 271 g/mol. The third kappa shape index (κ3) is 3.72. The van der Waals surface area contributed by atoms with Gasteiger partial charge in [-0.1, -0.05) is 32.4 Å². The molecule has 18 heavy (non-hydrogen) atoms. The zero-order valence-electron chi connectivity index (χ0n) is 12.1. The third-order valence-corrected chi connectivity index (χ3v) is 3.75. The molecule has 3 nitrogen and oxygen atoms in total. The van der Waals surface area contributed by atoms with Crippen LogP contribution in [0.3, 0.4) is 0 Å². The number of halogens is 1. The summed E-state index contributed by atoms with van der Waals surface area (Å²) >= 11 is 6.43. The lowest BCUT2D eigenvalue weighted by Crippen LogP contribution is -2.32. The van der Waals surface area contributed by atoms with E-state index < -0.39 is 0 Å². The number of hydrogen-bond acceptors (Lipinski definition) is 2. The van der Waals surface area contributed by atoms with Crippen LogP contribution in [-0.4, -0.2) is 22.4 Å². The predicted octanol–water partition coefficient (Wildman–Crippen LogP) is 3.44. The second-order valence-electron chi connectivity index (χ2n) is 4.64. The normalized spacial score (nSPS) is 12.9. The smallest absolute Gasteiger partial charge is 0.0850 e. The summed E-state index contributed by atoms with van der Waals surface area (Å²) in [6, 6.07) is 0.495. The Morgan fingerprint density at radius 1 is 1.28 bits per heavy atom. The second kappa shape index (κ2) is 7.80. The Kier molecular flexibility index (Phi) is 6.72. The van der Waals surface area contributed by atoms with Crippen molar-refractivity contribution >= 4 is 11.6 Å². The number of hydrogen-bond donors (Lipinski definition) is 1. The highest BCUT2D eigenvalue weighted by Crippen LogP contribution is 2.23. The fourth-order valence-electron chi connectivity index (χ4n) is 2.15. The molecular weight excluding hydrogens is 246 g/mol. The molecule has 0 spiro atoms. The van der Waals surface area contributed by atoms with Crippen LogP contribution in [0.1, 0.15) is 51.9 Å². The van der Waals surface area contributed by atoms with Crippen molar-refractivity contribution in [1.29, 1.82) is 0 Å². The van der Waals surface area contributed by atoms with Gasteiger partial charge in [0.15, 0.2) is 0 Å². The third-order valence-electron chi connectivity index (χ3n) is 3.31. The molecule has 1 rings (SSSR count). The number of aromatic nitrogens is 2. The van der Waals surface area contributed by atoms with Crippen molar-refractivity contribution in [3.8, 4) is 0 Å². The summed E-state index contributed by atoms with van der Waals surface area (Å²) in [5.41, 5.74) is 2.21. The first-order valence-corrected chi connectivity index (χ1v) is 7.52. The zero-order chi connectivity index (χ0) is 13.5. The predicted molar refractivity (Wildman–Crippen MR) is 78.4 cm³/mol. The number of rotatable bonds is 8. The van der Waals surface area contributed by atoms with Crippen molar-refractivity contribution < 1.29 is 0 Å². The molecule has 0 aliphatic carbocycles. The minimum absolute atomic E-state index is 0.495. The maximum atomic E-state index is 6.43. The van der Waals surface area contributed by atoms with E-state index in [4.69, 9.17) is 11.6 Å². The minimum atomic E-state index is 0.495. The van der Waals surface area contributed by atoms with Gasteiger partial charge in [-0.3, -0.25) is 4.68 Å². The molecule has 104 valence electrons. The van der Waals surface area contributed by atoms with Crippen LogP contribution in [0.4, 0.5) is 0 Å². The fourth-order valence-corrected chi connectivity index (χ4v) is 2.50. The maximum Gasteiger partial charge on any atom is 0.0850 e. The van der Waals surface area contributed by atoms with Crippen LogP contribution in [0.25, 0.3) is 0 Å². The van der Waals surface area contributed by atoms with Crippen molar-refractivity contribution in [3.05, 3.63) is 16.4 Å². The molecule has 1 heterocycles. The molecule has 0 radical (unpaired) electrons. The highest BCUT2D eigenvalue weighted by Gasteiger charge is 2.17. The molecule has 0 bridgehead atoms. The molecule has 1 aromatic rings. The van der Waals surface area contributed by atoms with E-state index in [1.54, 1.807) is 0 Å². The Hall–Kier alpha value is -0.540. The van der Waals surface area contributed by atoms with Gasteiger partial charge < -0.3 is 5.32 Å². The molecule has 1 N–H and O–H groups in total. The van der Waals surface area contributed by atoms with Crippen molar-refractivity contribution in [1.82, 2.24) is 15.1 Å². The van der Waals surface area contributed by atoms with Crippen LogP contribution in [-0.2, 0) is 19.4 Å². The Morgan fingerprint density at radius 2 is 2.00 bits per heavy atom. The van der Waals surface area contributed by atoms with Crippen molar-refractivity contribution in [2.24, 2.45) is 0 Å². The number of nitrogens with one attached hydrogen (secondary N) is 1. The average molecular weight is 272 g/mol. The zero-order valence-corrected chi connectivity index (χ0v) is 12.8. The van der Waals surface area contributed by atoms with Gasteiger partial charge in [0, 0.05) is 19.0 Å². The summed E-state index contributed by atoms with van der Waals surface area (Å²) < 4.78 is 2.05. The van der Waals surface area contributed by atoms with Crippen molar-refractivity contribution in [2.75, 3.05) is 6.54 Å².